The summed E-state index contributed by atoms with van der Waals surface area (Å²) < 4.78 is 2.13. The van der Waals surface area contributed by atoms with Crippen molar-refractivity contribution in [2.75, 3.05) is 0 Å². The van der Waals surface area contributed by atoms with Crippen LogP contribution in [-0.2, 0) is 7.05 Å². The first-order valence-corrected chi connectivity index (χ1v) is 9.36. The number of hydrogen-bond acceptors (Lipinski definition) is 2. The molecular weight excluding hydrogens is 324 g/mol. The topological polar surface area (TPSA) is 55.1 Å². The fourth-order valence-electron chi connectivity index (χ4n) is 4.39. The zero-order chi connectivity index (χ0) is 18.3. The molecule has 0 bridgehead atoms. The molecule has 4 rings (SSSR count). The van der Waals surface area contributed by atoms with E-state index >= 15 is 0 Å². The summed E-state index contributed by atoms with van der Waals surface area (Å²) in [5.74, 6) is -0.372. The van der Waals surface area contributed by atoms with Crippen LogP contribution in [0.1, 0.15) is 59.6 Å². The largest absolute Gasteiger partial charge is 0.478 e. The van der Waals surface area contributed by atoms with Gasteiger partial charge < -0.3 is 9.67 Å². The minimum atomic E-state index is -0.887. The fourth-order valence-corrected chi connectivity index (χ4v) is 4.39. The zero-order valence-electron chi connectivity index (χ0n) is 15.3. The minimum Gasteiger partial charge on any atom is -0.478 e. The summed E-state index contributed by atoms with van der Waals surface area (Å²) in [6.07, 6.45) is 6.21. The predicted molar refractivity (Wildman–Crippen MR) is 104 cm³/mol. The minimum absolute atomic E-state index is 0.331. The van der Waals surface area contributed by atoms with Gasteiger partial charge in [0.15, 0.2) is 0 Å². The second-order valence-corrected chi connectivity index (χ2v) is 7.36. The highest BCUT2D eigenvalue weighted by molar-refractivity contribution is 5.97. The van der Waals surface area contributed by atoms with Crippen molar-refractivity contribution in [1.82, 2.24) is 9.55 Å². The molecule has 4 heteroatoms. The smallest absolute Gasteiger partial charge is 0.335 e. The monoisotopic (exact) mass is 348 g/mol. The Balaban J connectivity index is 2.01. The molecular formula is C22H24N2O2. The average molecular weight is 348 g/mol. The standard InChI is InChI=1S/C22H24N2O2/c1-14-7-6-10-18(23-14)21-20(15-8-4-3-5-9-15)17-12-11-16(22(25)26)13-19(17)24(21)2/h6-7,10-13,15H,3-5,8-9H2,1-2H3,(H,25,26). The first-order valence-electron chi connectivity index (χ1n) is 9.36. The van der Waals surface area contributed by atoms with E-state index in [1.807, 2.05) is 32.2 Å². The number of aromatic carboxylic acids is 1. The van der Waals surface area contributed by atoms with Crippen molar-refractivity contribution >= 4 is 16.9 Å². The highest BCUT2D eigenvalue weighted by atomic mass is 16.4. The van der Waals surface area contributed by atoms with Crippen LogP contribution in [0, 0.1) is 6.92 Å². The molecule has 1 aromatic carbocycles. The van der Waals surface area contributed by atoms with E-state index in [1.54, 1.807) is 12.1 Å². The van der Waals surface area contributed by atoms with Crippen LogP contribution in [-0.4, -0.2) is 20.6 Å². The van der Waals surface area contributed by atoms with Gasteiger partial charge in [-0.1, -0.05) is 31.4 Å². The van der Waals surface area contributed by atoms with E-state index < -0.39 is 5.97 Å². The molecule has 1 saturated carbocycles. The number of carbonyl (C=O) groups is 1. The Morgan fingerprint density at radius 2 is 1.92 bits per heavy atom. The molecule has 0 unspecified atom stereocenters. The lowest BCUT2D eigenvalue weighted by atomic mass is 9.82. The Morgan fingerprint density at radius 3 is 2.62 bits per heavy atom. The summed E-state index contributed by atoms with van der Waals surface area (Å²) >= 11 is 0. The third-order valence-electron chi connectivity index (χ3n) is 5.63. The lowest BCUT2D eigenvalue weighted by molar-refractivity contribution is 0.0697. The van der Waals surface area contributed by atoms with Crippen LogP contribution in [0.5, 0.6) is 0 Å². The molecule has 1 N–H and O–H groups in total. The highest BCUT2D eigenvalue weighted by Crippen LogP contribution is 2.43. The van der Waals surface area contributed by atoms with Gasteiger partial charge in [0.25, 0.3) is 0 Å². The first kappa shape index (κ1) is 16.8. The zero-order valence-corrected chi connectivity index (χ0v) is 15.3. The van der Waals surface area contributed by atoms with Gasteiger partial charge >= 0.3 is 5.97 Å². The summed E-state index contributed by atoms with van der Waals surface area (Å²) in [4.78, 5) is 16.2. The van der Waals surface area contributed by atoms with Crippen molar-refractivity contribution in [3.63, 3.8) is 0 Å². The van der Waals surface area contributed by atoms with Crippen LogP contribution in [0.4, 0.5) is 0 Å². The molecule has 2 aromatic heterocycles. The molecule has 0 saturated heterocycles. The Bertz CT molecular complexity index is 981. The third-order valence-corrected chi connectivity index (χ3v) is 5.63. The summed E-state index contributed by atoms with van der Waals surface area (Å²) in [6.45, 7) is 2.01. The van der Waals surface area contributed by atoms with E-state index in [0.29, 0.717) is 11.5 Å². The first-order chi connectivity index (χ1) is 12.6. The number of aryl methyl sites for hydroxylation is 2. The number of pyridine rings is 1. The number of rotatable bonds is 3. The molecule has 0 amide bonds. The molecule has 1 aliphatic carbocycles. The number of fused-ring (bicyclic) bond motifs is 1. The van der Waals surface area contributed by atoms with Crippen LogP contribution in [0.3, 0.4) is 0 Å². The predicted octanol–water partition coefficient (Wildman–Crippen LogP) is 5.29. The van der Waals surface area contributed by atoms with Gasteiger partial charge in [0.05, 0.1) is 17.0 Å². The number of aromatic nitrogens is 2. The summed E-state index contributed by atoms with van der Waals surface area (Å²) in [6, 6.07) is 11.6. The Labute approximate surface area is 153 Å². The van der Waals surface area contributed by atoms with Crippen molar-refractivity contribution in [2.45, 2.75) is 44.9 Å². The molecule has 134 valence electrons. The van der Waals surface area contributed by atoms with E-state index in [1.165, 1.54) is 43.1 Å². The van der Waals surface area contributed by atoms with Gasteiger partial charge in [0.2, 0.25) is 0 Å². The van der Waals surface area contributed by atoms with Gasteiger partial charge in [-0.05, 0) is 55.5 Å². The van der Waals surface area contributed by atoms with E-state index in [0.717, 1.165) is 22.6 Å². The molecule has 3 aromatic rings. The molecule has 2 heterocycles. The van der Waals surface area contributed by atoms with Gasteiger partial charge in [-0.3, -0.25) is 4.98 Å². The Kier molecular flexibility index (Phi) is 4.27. The van der Waals surface area contributed by atoms with Crippen molar-refractivity contribution in [1.29, 1.82) is 0 Å². The van der Waals surface area contributed by atoms with Gasteiger partial charge in [-0.2, -0.15) is 0 Å². The molecule has 26 heavy (non-hydrogen) atoms. The number of carboxylic acid groups (broad SMARTS) is 1. The number of carboxylic acids is 1. The molecule has 1 fully saturated rings. The quantitative estimate of drug-likeness (QED) is 0.699. The summed E-state index contributed by atoms with van der Waals surface area (Å²) in [5.41, 5.74) is 5.76. The van der Waals surface area contributed by atoms with E-state index in [2.05, 4.69) is 10.6 Å². The van der Waals surface area contributed by atoms with Crippen molar-refractivity contribution < 1.29 is 9.90 Å². The molecule has 0 atom stereocenters. The van der Waals surface area contributed by atoms with E-state index in [4.69, 9.17) is 4.98 Å². The summed E-state index contributed by atoms with van der Waals surface area (Å²) in [5, 5.41) is 10.6. The molecule has 1 aliphatic rings. The number of hydrogen-bond donors (Lipinski definition) is 1. The Morgan fingerprint density at radius 1 is 1.15 bits per heavy atom. The SMILES string of the molecule is Cc1cccc(-c2c(C3CCCCC3)c3ccc(C(=O)O)cc3n2C)n1. The van der Waals surface area contributed by atoms with Crippen LogP contribution in [0.15, 0.2) is 36.4 Å². The maximum atomic E-state index is 11.4. The molecule has 0 radical (unpaired) electrons. The van der Waals surface area contributed by atoms with Crippen molar-refractivity contribution in [2.24, 2.45) is 7.05 Å². The molecule has 4 nitrogen and oxygen atoms in total. The number of benzene rings is 1. The van der Waals surface area contributed by atoms with Crippen LogP contribution < -0.4 is 0 Å². The maximum absolute atomic E-state index is 11.4. The van der Waals surface area contributed by atoms with Gasteiger partial charge in [-0.15, -0.1) is 0 Å². The lowest BCUT2D eigenvalue weighted by Crippen LogP contribution is -2.07. The average Bonchev–Trinajstić information content (AvgIpc) is 2.94. The normalized spacial score (nSPS) is 15.5. The maximum Gasteiger partial charge on any atom is 0.335 e. The second-order valence-electron chi connectivity index (χ2n) is 7.36. The number of nitrogens with zero attached hydrogens (tertiary/aromatic N) is 2. The molecule has 0 spiro atoms. The third kappa shape index (κ3) is 2.79. The second kappa shape index (κ2) is 6.60. The highest BCUT2D eigenvalue weighted by Gasteiger charge is 2.26. The van der Waals surface area contributed by atoms with Gasteiger partial charge in [0, 0.05) is 23.6 Å². The fraction of sp³-hybridized carbons (Fsp3) is 0.364. The van der Waals surface area contributed by atoms with Crippen LogP contribution >= 0.6 is 0 Å². The lowest BCUT2D eigenvalue weighted by Gasteiger charge is -2.23. The van der Waals surface area contributed by atoms with Crippen molar-refractivity contribution in [3.8, 4) is 11.4 Å². The van der Waals surface area contributed by atoms with Gasteiger partial charge in [0.1, 0.15) is 0 Å². The van der Waals surface area contributed by atoms with E-state index in [-0.39, 0.29) is 0 Å². The van der Waals surface area contributed by atoms with Gasteiger partial charge in [-0.25, -0.2) is 4.79 Å². The molecule has 0 aliphatic heterocycles. The van der Waals surface area contributed by atoms with Crippen LogP contribution in [0.2, 0.25) is 0 Å². The Hall–Kier alpha value is -2.62. The van der Waals surface area contributed by atoms with E-state index in [9.17, 15) is 9.90 Å². The van der Waals surface area contributed by atoms with Crippen molar-refractivity contribution in [3.05, 3.63) is 53.2 Å². The van der Waals surface area contributed by atoms with Crippen LogP contribution in [0.25, 0.3) is 22.3 Å². The summed E-state index contributed by atoms with van der Waals surface area (Å²) in [7, 11) is 2.03.